The number of benzene rings is 3. The second-order valence-corrected chi connectivity index (χ2v) is 7.61. The number of hydrogen-bond donors (Lipinski definition) is 1. The normalized spacial score (nSPS) is 14.8. The lowest BCUT2D eigenvalue weighted by atomic mass is 10.1. The van der Waals surface area contributed by atoms with Crippen molar-refractivity contribution in [2.75, 3.05) is 11.5 Å². The monoisotopic (exact) mass is 456 g/mol. The van der Waals surface area contributed by atoms with E-state index >= 15 is 0 Å². The fourth-order valence-corrected chi connectivity index (χ4v) is 3.42. The van der Waals surface area contributed by atoms with E-state index in [4.69, 9.17) is 9.47 Å². The minimum absolute atomic E-state index is 0.156. The van der Waals surface area contributed by atoms with Gasteiger partial charge in [0.05, 0.1) is 12.3 Å². The van der Waals surface area contributed by atoms with Gasteiger partial charge in [-0.1, -0.05) is 55.5 Å². The average Bonchev–Trinajstić information content (AvgIpc) is 2.86. The number of carbonyl (C=O) groups is 3. The summed E-state index contributed by atoms with van der Waals surface area (Å²) in [6, 6.07) is 22.6. The van der Waals surface area contributed by atoms with Crippen LogP contribution in [0.4, 0.5) is 10.5 Å². The third kappa shape index (κ3) is 5.15. The predicted molar refractivity (Wildman–Crippen MR) is 128 cm³/mol. The van der Waals surface area contributed by atoms with Gasteiger partial charge in [0, 0.05) is 5.56 Å². The van der Waals surface area contributed by atoms with Gasteiger partial charge >= 0.3 is 6.03 Å². The molecule has 0 atom stereocenters. The maximum Gasteiger partial charge on any atom is 0.335 e. The van der Waals surface area contributed by atoms with Gasteiger partial charge in [0.1, 0.15) is 23.7 Å². The number of amides is 4. The lowest BCUT2D eigenvalue weighted by Gasteiger charge is -2.26. The van der Waals surface area contributed by atoms with E-state index in [0.29, 0.717) is 36.0 Å². The first-order chi connectivity index (χ1) is 16.6. The number of hydrogen-bond acceptors (Lipinski definition) is 5. The van der Waals surface area contributed by atoms with Gasteiger partial charge in [0.2, 0.25) is 0 Å². The first kappa shape index (κ1) is 22.8. The second-order valence-electron chi connectivity index (χ2n) is 7.61. The van der Waals surface area contributed by atoms with Crippen LogP contribution < -0.4 is 19.7 Å². The summed E-state index contributed by atoms with van der Waals surface area (Å²) in [6.45, 7) is 2.88. The van der Waals surface area contributed by atoms with Gasteiger partial charge in [-0.05, 0) is 48.4 Å². The number of ether oxygens (including phenoxy) is 2. The summed E-state index contributed by atoms with van der Waals surface area (Å²) in [4.78, 5) is 39.1. The van der Waals surface area contributed by atoms with Crippen molar-refractivity contribution in [2.24, 2.45) is 0 Å². The molecule has 0 spiro atoms. The largest absolute Gasteiger partial charge is 0.493 e. The Labute approximate surface area is 197 Å². The molecule has 1 aliphatic heterocycles. The average molecular weight is 456 g/mol. The molecule has 1 saturated heterocycles. The van der Waals surface area contributed by atoms with Crippen LogP contribution in [0, 0.1) is 0 Å². The van der Waals surface area contributed by atoms with Crippen molar-refractivity contribution < 1.29 is 23.9 Å². The number of rotatable bonds is 8. The standard InChI is InChI=1S/C27H24N2O5/c1-2-16-33-24-11-7-6-10-20(24)17-23-25(30)28-27(32)29(26(23)31)21-12-14-22(15-13-21)34-18-19-8-4-3-5-9-19/h3-15,17H,2,16,18H2,1H3,(H,28,30,32)/b23-17+. The Morgan fingerprint density at radius 3 is 2.29 bits per heavy atom. The van der Waals surface area contributed by atoms with Crippen LogP contribution in [0.2, 0.25) is 0 Å². The molecule has 3 aromatic carbocycles. The summed E-state index contributed by atoms with van der Waals surface area (Å²) in [5.74, 6) is -0.316. The van der Waals surface area contributed by atoms with E-state index < -0.39 is 17.8 Å². The molecule has 7 heteroatoms. The number of nitrogens with zero attached hydrogens (tertiary/aromatic N) is 1. The first-order valence-electron chi connectivity index (χ1n) is 11.0. The highest BCUT2D eigenvalue weighted by molar-refractivity contribution is 6.39. The maximum absolute atomic E-state index is 13.2. The van der Waals surface area contributed by atoms with Crippen molar-refractivity contribution in [1.82, 2.24) is 5.32 Å². The minimum Gasteiger partial charge on any atom is -0.493 e. The van der Waals surface area contributed by atoms with Crippen LogP contribution in [0.3, 0.4) is 0 Å². The second kappa shape index (κ2) is 10.5. The van der Waals surface area contributed by atoms with Crippen LogP contribution in [0.5, 0.6) is 11.5 Å². The minimum atomic E-state index is -0.805. The molecule has 0 saturated carbocycles. The maximum atomic E-state index is 13.2. The van der Waals surface area contributed by atoms with E-state index in [-0.39, 0.29) is 5.57 Å². The number of nitrogens with one attached hydrogen (secondary N) is 1. The van der Waals surface area contributed by atoms with Crippen molar-refractivity contribution in [3.8, 4) is 11.5 Å². The van der Waals surface area contributed by atoms with Crippen molar-refractivity contribution in [2.45, 2.75) is 20.0 Å². The summed E-state index contributed by atoms with van der Waals surface area (Å²) in [6.07, 6.45) is 2.26. The quantitative estimate of drug-likeness (QED) is 0.392. The van der Waals surface area contributed by atoms with Gasteiger partial charge in [-0.2, -0.15) is 0 Å². The van der Waals surface area contributed by atoms with Crippen LogP contribution in [0.25, 0.3) is 6.08 Å². The number of barbiturate groups is 1. The van der Waals surface area contributed by atoms with E-state index in [2.05, 4.69) is 5.32 Å². The van der Waals surface area contributed by atoms with Crippen molar-refractivity contribution in [3.05, 3.63) is 95.6 Å². The summed E-state index contributed by atoms with van der Waals surface area (Å²) >= 11 is 0. The highest BCUT2D eigenvalue weighted by atomic mass is 16.5. The molecule has 172 valence electrons. The van der Waals surface area contributed by atoms with E-state index in [9.17, 15) is 14.4 Å². The Kier molecular flexibility index (Phi) is 7.03. The summed E-state index contributed by atoms with van der Waals surface area (Å²) < 4.78 is 11.5. The molecule has 1 aliphatic rings. The van der Waals surface area contributed by atoms with Crippen molar-refractivity contribution in [1.29, 1.82) is 0 Å². The highest BCUT2D eigenvalue weighted by Crippen LogP contribution is 2.27. The van der Waals surface area contributed by atoms with Crippen LogP contribution in [0.1, 0.15) is 24.5 Å². The smallest absolute Gasteiger partial charge is 0.335 e. The number of imide groups is 2. The van der Waals surface area contributed by atoms with E-state index in [1.54, 1.807) is 42.5 Å². The molecule has 1 fully saturated rings. The van der Waals surface area contributed by atoms with Crippen LogP contribution in [-0.4, -0.2) is 24.5 Å². The Morgan fingerprint density at radius 2 is 1.56 bits per heavy atom. The fraction of sp³-hybridized carbons (Fsp3) is 0.148. The molecule has 0 aliphatic carbocycles. The molecule has 1 heterocycles. The van der Waals surface area contributed by atoms with E-state index in [1.165, 1.54) is 6.08 Å². The van der Waals surface area contributed by atoms with Gasteiger partial charge < -0.3 is 9.47 Å². The molecular formula is C27H24N2O5. The number of para-hydroxylation sites is 1. The summed E-state index contributed by atoms with van der Waals surface area (Å²) in [7, 11) is 0. The molecular weight excluding hydrogens is 432 g/mol. The number of urea groups is 1. The molecule has 34 heavy (non-hydrogen) atoms. The van der Waals surface area contributed by atoms with Crippen molar-refractivity contribution in [3.63, 3.8) is 0 Å². The molecule has 0 bridgehead atoms. The van der Waals surface area contributed by atoms with Gasteiger partial charge in [-0.3, -0.25) is 14.9 Å². The lowest BCUT2D eigenvalue weighted by molar-refractivity contribution is -0.122. The predicted octanol–water partition coefficient (Wildman–Crippen LogP) is 4.72. The SMILES string of the molecule is CCCOc1ccccc1/C=C1\C(=O)NC(=O)N(c2ccc(OCc3ccccc3)cc2)C1=O. The van der Waals surface area contributed by atoms with Crippen LogP contribution in [0.15, 0.2) is 84.4 Å². The molecule has 4 amide bonds. The van der Waals surface area contributed by atoms with E-state index in [0.717, 1.165) is 16.9 Å². The zero-order valence-corrected chi connectivity index (χ0v) is 18.7. The van der Waals surface area contributed by atoms with Gasteiger partial charge in [0.25, 0.3) is 11.8 Å². The Morgan fingerprint density at radius 1 is 0.853 bits per heavy atom. The fourth-order valence-electron chi connectivity index (χ4n) is 3.42. The first-order valence-corrected chi connectivity index (χ1v) is 11.0. The topological polar surface area (TPSA) is 84.9 Å². The molecule has 7 nitrogen and oxygen atoms in total. The Bertz CT molecular complexity index is 1220. The van der Waals surface area contributed by atoms with Gasteiger partial charge in [-0.25, -0.2) is 9.69 Å². The van der Waals surface area contributed by atoms with Gasteiger partial charge in [-0.15, -0.1) is 0 Å². The number of carbonyl (C=O) groups excluding carboxylic acids is 3. The third-order valence-corrected chi connectivity index (χ3v) is 5.13. The zero-order chi connectivity index (χ0) is 23.9. The Hall–Kier alpha value is -4.39. The summed E-state index contributed by atoms with van der Waals surface area (Å²) in [5, 5.41) is 2.24. The van der Waals surface area contributed by atoms with E-state index in [1.807, 2.05) is 43.3 Å². The highest BCUT2D eigenvalue weighted by Gasteiger charge is 2.37. The molecule has 1 N–H and O–H groups in total. The van der Waals surface area contributed by atoms with Crippen molar-refractivity contribution >= 4 is 29.6 Å². The number of anilines is 1. The Balaban J connectivity index is 1.55. The molecule has 0 aromatic heterocycles. The summed E-state index contributed by atoms with van der Waals surface area (Å²) in [5.41, 5.74) is 1.77. The van der Waals surface area contributed by atoms with Crippen LogP contribution in [-0.2, 0) is 16.2 Å². The molecule has 0 unspecified atom stereocenters. The lowest BCUT2D eigenvalue weighted by Crippen LogP contribution is -2.54. The zero-order valence-electron chi connectivity index (χ0n) is 18.7. The molecule has 4 rings (SSSR count). The van der Waals surface area contributed by atoms with Crippen LogP contribution >= 0.6 is 0 Å². The molecule has 0 radical (unpaired) electrons. The third-order valence-electron chi connectivity index (χ3n) is 5.13. The molecule has 3 aromatic rings. The van der Waals surface area contributed by atoms with Gasteiger partial charge in [0.15, 0.2) is 0 Å².